The third-order valence-electron chi connectivity index (χ3n) is 6.13. The Kier molecular flexibility index (Phi) is 3.96. The Morgan fingerprint density at radius 2 is 2.17 bits per heavy atom. The molecule has 6 rings (SSSR count). The number of fused-ring (bicyclic) bond motifs is 2. The van der Waals surface area contributed by atoms with Crippen molar-refractivity contribution in [3.05, 3.63) is 41.2 Å². The predicted octanol–water partition coefficient (Wildman–Crippen LogP) is 0.988. The quantitative estimate of drug-likeness (QED) is 0.657. The van der Waals surface area contributed by atoms with Crippen molar-refractivity contribution in [3.8, 4) is 0 Å². The van der Waals surface area contributed by atoms with Crippen LogP contribution in [0, 0.1) is 0 Å². The predicted molar refractivity (Wildman–Crippen MR) is 108 cm³/mol. The molecule has 1 aliphatic carbocycles. The van der Waals surface area contributed by atoms with Crippen LogP contribution in [0.2, 0.25) is 0 Å². The average Bonchev–Trinajstić information content (AvgIpc) is 3.48. The lowest BCUT2D eigenvalue weighted by atomic mass is 10.0. The molecular weight excluding hydrogens is 384 g/mol. The Hall–Kier alpha value is -3.11. The normalized spacial score (nSPS) is 19.5. The van der Waals surface area contributed by atoms with Crippen molar-refractivity contribution in [2.75, 3.05) is 30.8 Å². The maximum atomic E-state index is 13.1. The summed E-state index contributed by atoms with van der Waals surface area (Å²) in [6.45, 7) is 3.31. The van der Waals surface area contributed by atoms with Gasteiger partial charge in [0.25, 0.3) is 5.91 Å². The minimum absolute atomic E-state index is 0.163. The van der Waals surface area contributed by atoms with Crippen LogP contribution < -0.4 is 11.1 Å². The minimum Gasteiger partial charge on any atom is -0.381 e. The van der Waals surface area contributed by atoms with E-state index in [9.17, 15) is 4.79 Å². The number of carbonyl (C=O) groups excluding carboxylic acids is 1. The molecule has 10 heteroatoms. The van der Waals surface area contributed by atoms with E-state index in [0.29, 0.717) is 28.9 Å². The van der Waals surface area contributed by atoms with Crippen molar-refractivity contribution in [1.29, 1.82) is 0 Å². The van der Waals surface area contributed by atoms with Crippen LogP contribution in [0.25, 0.3) is 5.65 Å². The van der Waals surface area contributed by atoms with E-state index in [1.165, 1.54) is 6.33 Å². The molecule has 30 heavy (non-hydrogen) atoms. The fraction of sp³-hybridized carbons (Fsp3) is 0.450. The highest BCUT2D eigenvalue weighted by Crippen LogP contribution is 2.42. The lowest BCUT2D eigenvalue weighted by Crippen LogP contribution is -2.50. The standard InChI is InChI=1S/C20H22N8O2/c21-18-16(20(29)25-15-5-22-10-23-17(15)11-1-2-11)19-24-14-3-4-27(13-8-30-9-13)6-12(14)7-28(19)26-18/h5,7,10-11,13H,1-4,6,8-9H2,(H2,21,26)(H,25,29). The van der Waals surface area contributed by atoms with E-state index in [4.69, 9.17) is 15.5 Å². The van der Waals surface area contributed by atoms with E-state index >= 15 is 0 Å². The molecule has 0 spiro atoms. The Morgan fingerprint density at radius 3 is 2.93 bits per heavy atom. The molecule has 154 valence electrons. The summed E-state index contributed by atoms with van der Waals surface area (Å²) in [6.07, 6.45) is 8.08. The van der Waals surface area contributed by atoms with Gasteiger partial charge in [0.15, 0.2) is 11.5 Å². The average molecular weight is 406 g/mol. The van der Waals surface area contributed by atoms with Gasteiger partial charge in [-0.2, -0.15) is 0 Å². The van der Waals surface area contributed by atoms with Gasteiger partial charge in [-0.3, -0.25) is 9.69 Å². The monoisotopic (exact) mass is 406 g/mol. The van der Waals surface area contributed by atoms with Crippen LogP contribution >= 0.6 is 0 Å². The van der Waals surface area contributed by atoms with E-state index in [1.807, 2.05) is 6.20 Å². The summed E-state index contributed by atoms with van der Waals surface area (Å²) in [6, 6.07) is 0.478. The fourth-order valence-electron chi connectivity index (χ4n) is 4.22. The zero-order valence-corrected chi connectivity index (χ0v) is 16.4. The second kappa shape index (κ2) is 6.71. The first-order valence-electron chi connectivity index (χ1n) is 10.3. The molecule has 10 nitrogen and oxygen atoms in total. The number of nitrogens with zero attached hydrogens (tertiary/aromatic N) is 6. The molecule has 3 N–H and O–H groups in total. The van der Waals surface area contributed by atoms with Gasteiger partial charge in [-0.1, -0.05) is 0 Å². The van der Waals surface area contributed by atoms with E-state index in [2.05, 4.69) is 25.3 Å². The molecule has 3 aromatic heterocycles. The van der Waals surface area contributed by atoms with Crippen LogP contribution in [-0.4, -0.2) is 61.2 Å². The van der Waals surface area contributed by atoms with Crippen molar-refractivity contribution < 1.29 is 9.53 Å². The van der Waals surface area contributed by atoms with Gasteiger partial charge in [-0.25, -0.2) is 19.5 Å². The largest absolute Gasteiger partial charge is 0.381 e. The number of carbonyl (C=O) groups is 1. The zero-order valence-electron chi connectivity index (χ0n) is 16.4. The number of hydrogen-bond donors (Lipinski definition) is 2. The number of nitrogens with two attached hydrogens (primary N) is 1. The lowest BCUT2D eigenvalue weighted by Gasteiger charge is -2.39. The molecule has 0 unspecified atom stereocenters. The molecule has 1 amide bonds. The van der Waals surface area contributed by atoms with Crippen LogP contribution in [0.15, 0.2) is 18.7 Å². The van der Waals surface area contributed by atoms with Crippen molar-refractivity contribution in [3.63, 3.8) is 0 Å². The zero-order chi connectivity index (χ0) is 20.2. The van der Waals surface area contributed by atoms with Gasteiger partial charge >= 0.3 is 0 Å². The molecular formula is C20H22N8O2. The highest BCUT2D eigenvalue weighted by molar-refractivity contribution is 6.11. The van der Waals surface area contributed by atoms with Crippen LogP contribution in [0.1, 0.15) is 46.1 Å². The van der Waals surface area contributed by atoms with Crippen molar-refractivity contribution in [2.45, 2.75) is 37.8 Å². The van der Waals surface area contributed by atoms with Gasteiger partial charge in [0.1, 0.15) is 11.9 Å². The first-order valence-corrected chi connectivity index (χ1v) is 10.3. The Balaban J connectivity index is 1.32. The molecule has 0 bridgehead atoms. The third kappa shape index (κ3) is 2.91. The highest BCUT2D eigenvalue weighted by atomic mass is 16.5. The number of anilines is 2. The topological polar surface area (TPSA) is 124 Å². The summed E-state index contributed by atoms with van der Waals surface area (Å²) in [5.74, 6) is 0.214. The smallest absolute Gasteiger partial charge is 0.263 e. The maximum Gasteiger partial charge on any atom is 0.263 e. The van der Waals surface area contributed by atoms with Crippen LogP contribution in [0.5, 0.6) is 0 Å². The molecule has 2 fully saturated rings. The second-order valence-corrected chi connectivity index (χ2v) is 8.20. The number of amides is 1. The van der Waals surface area contributed by atoms with Gasteiger partial charge in [0, 0.05) is 37.2 Å². The summed E-state index contributed by atoms with van der Waals surface area (Å²) in [5.41, 5.74) is 10.5. The van der Waals surface area contributed by atoms with Gasteiger partial charge in [0.05, 0.1) is 42.5 Å². The summed E-state index contributed by atoms with van der Waals surface area (Å²) in [5, 5.41) is 7.28. The number of nitrogens with one attached hydrogen (secondary N) is 1. The number of rotatable bonds is 4. The first-order chi connectivity index (χ1) is 14.7. The number of nitrogen functional groups attached to an aromatic ring is 1. The molecule has 5 heterocycles. The summed E-state index contributed by atoms with van der Waals surface area (Å²) in [4.78, 5) is 28.7. The van der Waals surface area contributed by atoms with Crippen LogP contribution in [0.4, 0.5) is 11.5 Å². The second-order valence-electron chi connectivity index (χ2n) is 8.20. The Morgan fingerprint density at radius 1 is 1.30 bits per heavy atom. The highest BCUT2D eigenvalue weighted by Gasteiger charge is 2.31. The van der Waals surface area contributed by atoms with Crippen LogP contribution in [0.3, 0.4) is 0 Å². The van der Waals surface area contributed by atoms with E-state index in [-0.39, 0.29) is 11.7 Å². The molecule has 0 radical (unpaired) electrons. The fourth-order valence-corrected chi connectivity index (χ4v) is 4.22. The van der Waals surface area contributed by atoms with Crippen molar-refractivity contribution in [2.24, 2.45) is 0 Å². The third-order valence-corrected chi connectivity index (χ3v) is 6.13. The number of hydrogen-bond acceptors (Lipinski definition) is 8. The van der Waals surface area contributed by atoms with Gasteiger partial charge in [-0.15, -0.1) is 5.10 Å². The number of ether oxygens (including phenoxy) is 1. The molecule has 1 saturated heterocycles. The SMILES string of the molecule is Nc1nn2cc3c(nc2c1C(=O)Nc1cncnc1C1CC1)CCN(C1COC1)C3. The van der Waals surface area contributed by atoms with Crippen molar-refractivity contribution in [1.82, 2.24) is 29.5 Å². The summed E-state index contributed by atoms with van der Waals surface area (Å²) < 4.78 is 6.94. The Bertz CT molecular complexity index is 1150. The van der Waals surface area contributed by atoms with Crippen LogP contribution in [-0.2, 0) is 17.7 Å². The van der Waals surface area contributed by atoms with Crippen molar-refractivity contribution >= 4 is 23.1 Å². The van der Waals surface area contributed by atoms with Gasteiger partial charge in [-0.05, 0) is 12.8 Å². The maximum absolute atomic E-state index is 13.1. The number of aromatic nitrogens is 5. The summed E-state index contributed by atoms with van der Waals surface area (Å²) in [7, 11) is 0. The first kappa shape index (κ1) is 17.7. The molecule has 3 aliphatic rings. The Labute approximate surface area is 172 Å². The minimum atomic E-state index is -0.337. The van der Waals surface area contributed by atoms with E-state index in [1.54, 1.807) is 10.7 Å². The molecule has 0 aromatic carbocycles. The molecule has 2 aliphatic heterocycles. The summed E-state index contributed by atoms with van der Waals surface area (Å²) >= 11 is 0. The van der Waals surface area contributed by atoms with E-state index < -0.39 is 0 Å². The molecule has 3 aromatic rings. The van der Waals surface area contributed by atoms with E-state index in [0.717, 1.165) is 62.5 Å². The van der Waals surface area contributed by atoms with Gasteiger partial charge in [0.2, 0.25) is 0 Å². The lowest BCUT2D eigenvalue weighted by molar-refractivity contribution is -0.0697. The van der Waals surface area contributed by atoms with Gasteiger partial charge < -0.3 is 15.8 Å². The molecule has 1 saturated carbocycles. The molecule has 0 atom stereocenters.